The van der Waals surface area contributed by atoms with E-state index < -0.39 is 0 Å². The van der Waals surface area contributed by atoms with Gasteiger partial charge in [0, 0.05) is 37.7 Å². The number of rotatable bonds is 4. The van der Waals surface area contributed by atoms with E-state index in [4.69, 9.17) is 4.74 Å². The molecule has 8 nitrogen and oxygen atoms in total. The number of aromatic amines is 1. The summed E-state index contributed by atoms with van der Waals surface area (Å²) in [6.45, 7) is 3.25. The minimum absolute atomic E-state index is 0.0877. The van der Waals surface area contributed by atoms with Crippen LogP contribution in [0.2, 0.25) is 0 Å². The lowest BCUT2D eigenvalue weighted by molar-refractivity contribution is 0.115. The summed E-state index contributed by atoms with van der Waals surface area (Å²) in [5, 5.41) is 9.74. The Balaban J connectivity index is 1.30. The number of hydrogen-bond acceptors (Lipinski definition) is 5. The van der Waals surface area contributed by atoms with Crippen LogP contribution in [0.3, 0.4) is 0 Å². The molecule has 4 rings (SSSR count). The second kappa shape index (κ2) is 8.08. The molecule has 0 unspecified atom stereocenters. The van der Waals surface area contributed by atoms with Crippen LogP contribution in [-0.2, 0) is 0 Å². The second-order valence-electron chi connectivity index (χ2n) is 6.80. The van der Waals surface area contributed by atoms with Crippen molar-refractivity contribution in [3.05, 3.63) is 54.4 Å². The summed E-state index contributed by atoms with van der Waals surface area (Å²) in [6.07, 6.45) is 5.04. The Morgan fingerprint density at radius 1 is 1.25 bits per heavy atom. The fourth-order valence-electron chi connectivity index (χ4n) is 3.20. The van der Waals surface area contributed by atoms with Crippen LogP contribution in [0.1, 0.15) is 18.4 Å². The molecule has 3 heterocycles. The number of urea groups is 1. The summed E-state index contributed by atoms with van der Waals surface area (Å²) < 4.78 is 5.91. The summed E-state index contributed by atoms with van der Waals surface area (Å²) in [7, 11) is 0. The first-order valence-corrected chi connectivity index (χ1v) is 9.29. The minimum atomic E-state index is -0.199. The number of carbonyl (C=O) groups excluding carboxylic acids is 1. The molecule has 8 heteroatoms. The summed E-state index contributed by atoms with van der Waals surface area (Å²) in [5.41, 5.74) is 2.07. The van der Waals surface area contributed by atoms with E-state index in [1.165, 1.54) is 0 Å². The van der Waals surface area contributed by atoms with E-state index in [2.05, 4.69) is 25.5 Å². The fraction of sp³-hybridized carbons (Fsp3) is 0.300. The maximum Gasteiger partial charge on any atom is 0.324 e. The molecule has 2 amide bonds. The fourth-order valence-corrected chi connectivity index (χ4v) is 3.20. The molecular formula is C20H22N6O2. The van der Waals surface area contributed by atoms with Crippen LogP contribution in [-0.4, -0.2) is 50.3 Å². The number of ether oxygens (including phenoxy) is 1. The molecule has 1 saturated heterocycles. The van der Waals surface area contributed by atoms with Gasteiger partial charge in [-0.05, 0) is 25.1 Å². The van der Waals surface area contributed by atoms with E-state index in [9.17, 15) is 4.79 Å². The Bertz CT molecular complexity index is 935. The van der Waals surface area contributed by atoms with Crippen molar-refractivity contribution in [2.24, 2.45) is 0 Å². The predicted molar refractivity (Wildman–Crippen MR) is 105 cm³/mol. The van der Waals surface area contributed by atoms with Crippen LogP contribution in [0.25, 0.3) is 11.4 Å². The maximum atomic E-state index is 12.5. The van der Waals surface area contributed by atoms with Crippen LogP contribution >= 0.6 is 0 Å². The van der Waals surface area contributed by atoms with Gasteiger partial charge in [0.25, 0.3) is 0 Å². The number of hydrogen-bond donors (Lipinski definition) is 2. The van der Waals surface area contributed by atoms with Crippen molar-refractivity contribution in [3.8, 4) is 17.1 Å². The number of aromatic nitrogens is 4. The van der Waals surface area contributed by atoms with Crippen molar-refractivity contribution in [1.29, 1.82) is 0 Å². The van der Waals surface area contributed by atoms with Gasteiger partial charge in [-0.2, -0.15) is 4.98 Å². The first-order valence-electron chi connectivity index (χ1n) is 9.29. The van der Waals surface area contributed by atoms with Crippen LogP contribution in [0.15, 0.2) is 48.8 Å². The summed E-state index contributed by atoms with van der Waals surface area (Å²) in [5.74, 6) is 1.66. The summed E-state index contributed by atoms with van der Waals surface area (Å²) in [4.78, 5) is 22.7. The van der Waals surface area contributed by atoms with Gasteiger partial charge in [-0.15, -0.1) is 5.10 Å². The van der Waals surface area contributed by atoms with E-state index >= 15 is 0 Å². The van der Waals surface area contributed by atoms with Crippen LogP contribution in [0.4, 0.5) is 10.7 Å². The van der Waals surface area contributed by atoms with Gasteiger partial charge in [0.15, 0.2) is 5.82 Å². The van der Waals surface area contributed by atoms with E-state index in [0.717, 1.165) is 29.7 Å². The van der Waals surface area contributed by atoms with Gasteiger partial charge in [0.05, 0.1) is 6.20 Å². The van der Waals surface area contributed by atoms with Gasteiger partial charge in [-0.3, -0.25) is 15.4 Å². The van der Waals surface area contributed by atoms with Crippen LogP contribution in [0, 0.1) is 6.92 Å². The van der Waals surface area contributed by atoms with E-state index in [-0.39, 0.29) is 18.1 Å². The van der Waals surface area contributed by atoms with Gasteiger partial charge in [-0.1, -0.05) is 23.8 Å². The highest BCUT2D eigenvalue weighted by molar-refractivity contribution is 5.87. The van der Waals surface area contributed by atoms with Gasteiger partial charge in [0.2, 0.25) is 5.95 Å². The molecule has 0 spiro atoms. The lowest BCUT2D eigenvalue weighted by Gasteiger charge is -2.31. The molecule has 0 radical (unpaired) electrons. The Kier molecular flexibility index (Phi) is 5.18. The molecule has 1 aliphatic rings. The van der Waals surface area contributed by atoms with Crippen molar-refractivity contribution in [2.45, 2.75) is 25.9 Å². The van der Waals surface area contributed by atoms with Crippen molar-refractivity contribution in [2.75, 3.05) is 18.4 Å². The number of nitrogens with one attached hydrogen (secondary N) is 2. The number of H-pyrrole nitrogens is 1. The Morgan fingerprint density at radius 3 is 2.86 bits per heavy atom. The van der Waals surface area contributed by atoms with E-state index in [0.29, 0.717) is 18.9 Å². The molecule has 28 heavy (non-hydrogen) atoms. The van der Waals surface area contributed by atoms with Crippen LogP contribution in [0.5, 0.6) is 5.75 Å². The van der Waals surface area contributed by atoms with Gasteiger partial charge in [0.1, 0.15) is 11.9 Å². The third-order valence-electron chi connectivity index (χ3n) is 4.66. The third-order valence-corrected chi connectivity index (χ3v) is 4.66. The van der Waals surface area contributed by atoms with Gasteiger partial charge < -0.3 is 9.64 Å². The summed E-state index contributed by atoms with van der Waals surface area (Å²) >= 11 is 0. The standard InChI is InChI=1S/C20H22N6O2/c1-14-4-2-5-15(12-14)18-22-19(25-24-18)23-20(27)26-10-7-16(8-11-26)28-17-6-3-9-21-13-17/h2-6,9,12-13,16H,7-8,10-11H2,1H3,(H2,22,23,24,25,27). The second-order valence-corrected chi connectivity index (χ2v) is 6.80. The molecule has 3 aromatic rings. The Morgan fingerprint density at radius 2 is 2.11 bits per heavy atom. The van der Waals surface area contributed by atoms with Crippen molar-refractivity contribution >= 4 is 12.0 Å². The number of carbonyl (C=O) groups is 1. The summed E-state index contributed by atoms with van der Waals surface area (Å²) in [6, 6.07) is 11.5. The lowest BCUT2D eigenvalue weighted by atomic mass is 10.1. The third kappa shape index (κ3) is 4.28. The Labute approximate surface area is 163 Å². The number of nitrogens with zero attached hydrogens (tertiary/aromatic N) is 4. The zero-order chi connectivity index (χ0) is 19.3. The molecule has 2 aromatic heterocycles. The van der Waals surface area contributed by atoms with Crippen LogP contribution < -0.4 is 10.1 Å². The zero-order valence-corrected chi connectivity index (χ0v) is 15.6. The van der Waals surface area contributed by atoms with Gasteiger partial charge >= 0.3 is 6.03 Å². The van der Waals surface area contributed by atoms with Crippen molar-refractivity contribution in [3.63, 3.8) is 0 Å². The van der Waals surface area contributed by atoms with Crippen molar-refractivity contribution < 1.29 is 9.53 Å². The molecule has 0 atom stereocenters. The number of likely N-dealkylation sites (tertiary alicyclic amines) is 1. The number of benzene rings is 1. The molecule has 1 aliphatic heterocycles. The van der Waals surface area contributed by atoms with Crippen molar-refractivity contribution in [1.82, 2.24) is 25.1 Å². The largest absolute Gasteiger partial charge is 0.489 e. The topological polar surface area (TPSA) is 96.0 Å². The molecule has 0 bridgehead atoms. The first-order chi connectivity index (χ1) is 13.7. The number of amides is 2. The Hall–Kier alpha value is -3.42. The number of anilines is 1. The normalized spacial score (nSPS) is 14.7. The highest BCUT2D eigenvalue weighted by atomic mass is 16.5. The average Bonchev–Trinajstić information content (AvgIpc) is 3.18. The maximum absolute atomic E-state index is 12.5. The number of aryl methyl sites for hydroxylation is 1. The minimum Gasteiger partial charge on any atom is -0.489 e. The molecule has 0 aliphatic carbocycles. The molecule has 144 valence electrons. The van der Waals surface area contributed by atoms with E-state index in [1.54, 1.807) is 17.3 Å². The lowest BCUT2D eigenvalue weighted by Crippen LogP contribution is -2.43. The predicted octanol–water partition coefficient (Wildman–Crippen LogP) is 3.25. The molecule has 0 saturated carbocycles. The molecule has 1 aromatic carbocycles. The van der Waals surface area contributed by atoms with Gasteiger partial charge in [-0.25, -0.2) is 4.79 Å². The molecule has 2 N–H and O–H groups in total. The molecular weight excluding hydrogens is 356 g/mol. The quantitative estimate of drug-likeness (QED) is 0.726. The zero-order valence-electron chi connectivity index (χ0n) is 15.6. The number of pyridine rings is 1. The van der Waals surface area contributed by atoms with E-state index in [1.807, 2.05) is 43.3 Å². The first kappa shape index (κ1) is 18.0. The SMILES string of the molecule is Cc1cccc(-c2nc(NC(=O)N3CCC(Oc4cccnc4)CC3)n[nH]2)c1. The highest BCUT2D eigenvalue weighted by Gasteiger charge is 2.24. The molecule has 1 fully saturated rings. The highest BCUT2D eigenvalue weighted by Crippen LogP contribution is 2.20. The number of piperidine rings is 1. The average molecular weight is 378 g/mol. The smallest absolute Gasteiger partial charge is 0.324 e. The monoisotopic (exact) mass is 378 g/mol.